The van der Waals surface area contributed by atoms with Crippen LogP contribution in [0.4, 0.5) is 0 Å². The molecule has 5 heteroatoms. The molecule has 132 valence electrons. The van der Waals surface area contributed by atoms with E-state index in [1.807, 2.05) is 69.3 Å². The number of halogens is 1. The first kappa shape index (κ1) is 18.2. The summed E-state index contributed by atoms with van der Waals surface area (Å²) < 4.78 is 6.03. The summed E-state index contributed by atoms with van der Waals surface area (Å²) in [7, 11) is 0. The Bertz CT molecular complexity index is 761. The van der Waals surface area contributed by atoms with Crippen LogP contribution in [0.15, 0.2) is 53.4 Å². The average molecular weight is 376 g/mol. The molecule has 2 unspecified atom stereocenters. The number of hydrogen-bond donors (Lipinski definition) is 1. The largest absolute Gasteiger partial charge is 0.487 e. The minimum absolute atomic E-state index is 0.0254. The molecule has 2 aromatic carbocycles. The lowest BCUT2D eigenvalue weighted by Crippen LogP contribution is -2.43. The third kappa shape index (κ3) is 4.50. The second-order valence-electron chi connectivity index (χ2n) is 6.88. The lowest BCUT2D eigenvalue weighted by atomic mass is 9.89. The molecule has 3 nitrogen and oxygen atoms in total. The molecule has 0 fully saturated rings. The summed E-state index contributed by atoms with van der Waals surface area (Å²) in [5.74, 6) is 0.875. The molecule has 0 spiro atoms. The molecule has 0 radical (unpaired) electrons. The van der Waals surface area contributed by atoms with Gasteiger partial charge in [0.25, 0.3) is 0 Å². The molecule has 0 saturated heterocycles. The molecule has 2 aromatic rings. The van der Waals surface area contributed by atoms with Gasteiger partial charge < -0.3 is 10.1 Å². The Balaban J connectivity index is 1.70. The van der Waals surface area contributed by atoms with Gasteiger partial charge in [-0.05, 0) is 51.1 Å². The van der Waals surface area contributed by atoms with Gasteiger partial charge in [-0.15, -0.1) is 11.8 Å². The smallest absolute Gasteiger partial charge is 0.233 e. The summed E-state index contributed by atoms with van der Waals surface area (Å²) in [5.41, 5.74) is 0.734. The molecular formula is C20H22ClNO2S. The van der Waals surface area contributed by atoms with Gasteiger partial charge in [0.05, 0.1) is 11.3 Å². The van der Waals surface area contributed by atoms with Crippen molar-refractivity contribution in [3.05, 3.63) is 59.1 Å². The van der Waals surface area contributed by atoms with Crippen LogP contribution in [0.25, 0.3) is 0 Å². The zero-order valence-electron chi connectivity index (χ0n) is 14.6. The van der Waals surface area contributed by atoms with Crippen molar-refractivity contribution in [3.63, 3.8) is 0 Å². The maximum Gasteiger partial charge on any atom is 0.233 e. The Kier molecular flexibility index (Phi) is 5.30. The summed E-state index contributed by atoms with van der Waals surface area (Å²) >= 11 is 7.44. The quantitative estimate of drug-likeness (QED) is 0.742. The van der Waals surface area contributed by atoms with Gasteiger partial charge in [-0.25, -0.2) is 0 Å². The third-order valence-corrected chi connectivity index (χ3v) is 5.55. The van der Waals surface area contributed by atoms with E-state index >= 15 is 0 Å². The SMILES string of the molecule is CC(Sc1ccc(Cl)cc1)C(=O)NC1CC(C)(C)Oc2ccccc21. The van der Waals surface area contributed by atoms with Gasteiger partial charge in [0.15, 0.2) is 0 Å². The zero-order chi connectivity index (χ0) is 18.0. The number of carbonyl (C=O) groups excluding carboxylic acids is 1. The molecule has 2 atom stereocenters. The van der Waals surface area contributed by atoms with Crippen LogP contribution in [-0.2, 0) is 4.79 Å². The summed E-state index contributed by atoms with van der Waals surface area (Å²) in [5, 5.41) is 3.70. The monoisotopic (exact) mass is 375 g/mol. The third-order valence-electron chi connectivity index (χ3n) is 4.19. The second kappa shape index (κ2) is 7.30. The van der Waals surface area contributed by atoms with E-state index in [0.29, 0.717) is 5.02 Å². The van der Waals surface area contributed by atoms with Crippen molar-refractivity contribution < 1.29 is 9.53 Å². The van der Waals surface area contributed by atoms with Crippen LogP contribution in [0.3, 0.4) is 0 Å². The summed E-state index contributed by atoms with van der Waals surface area (Å²) in [4.78, 5) is 13.7. The van der Waals surface area contributed by atoms with Crippen LogP contribution in [0.2, 0.25) is 5.02 Å². The van der Waals surface area contributed by atoms with Gasteiger partial charge in [0.2, 0.25) is 5.91 Å². The van der Waals surface area contributed by atoms with Crippen LogP contribution in [0.1, 0.15) is 38.8 Å². The molecule has 1 amide bonds. The number of carbonyl (C=O) groups is 1. The Morgan fingerprint density at radius 2 is 1.92 bits per heavy atom. The van der Waals surface area contributed by atoms with Crippen LogP contribution < -0.4 is 10.1 Å². The van der Waals surface area contributed by atoms with Gasteiger partial charge in [0.1, 0.15) is 11.4 Å². The highest BCUT2D eigenvalue weighted by atomic mass is 35.5. The number of ether oxygens (including phenoxy) is 1. The highest BCUT2D eigenvalue weighted by Gasteiger charge is 2.34. The maximum atomic E-state index is 12.7. The van der Waals surface area contributed by atoms with Crippen LogP contribution in [-0.4, -0.2) is 16.8 Å². The van der Waals surface area contributed by atoms with Gasteiger partial charge >= 0.3 is 0 Å². The number of fused-ring (bicyclic) bond motifs is 1. The minimum Gasteiger partial charge on any atom is -0.487 e. The van der Waals surface area contributed by atoms with Gasteiger partial charge in [-0.2, -0.15) is 0 Å². The highest BCUT2D eigenvalue weighted by molar-refractivity contribution is 8.00. The number of amides is 1. The highest BCUT2D eigenvalue weighted by Crippen LogP contribution is 2.39. The van der Waals surface area contributed by atoms with Gasteiger partial charge in [-0.1, -0.05) is 29.8 Å². The first-order chi connectivity index (χ1) is 11.8. The van der Waals surface area contributed by atoms with Crippen molar-refractivity contribution >= 4 is 29.3 Å². The topological polar surface area (TPSA) is 38.3 Å². The molecule has 1 heterocycles. The normalized spacial score (nSPS) is 19.4. The van der Waals surface area contributed by atoms with Gasteiger partial charge in [0, 0.05) is 21.9 Å². The van der Waals surface area contributed by atoms with Crippen molar-refractivity contribution in [1.82, 2.24) is 5.32 Å². The summed E-state index contributed by atoms with van der Waals surface area (Å²) in [6.07, 6.45) is 0.744. The Morgan fingerprint density at radius 1 is 1.24 bits per heavy atom. The van der Waals surface area contributed by atoms with E-state index in [9.17, 15) is 4.79 Å². The number of hydrogen-bond acceptors (Lipinski definition) is 3. The Labute approximate surface area is 158 Å². The fourth-order valence-corrected chi connectivity index (χ4v) is 3.99. The zero-order valence-corrected chi connectivity index (χ0v) is 16.2. The molecule has 25 heavy (non-hydrogen) atoms. The Morgan fingerprint density at radius 3 is 2.64 bits per heavy atom. The summed E-state index contributed by atoms with van der Waals surface area (Å²) in [6, 6.07) is 15.4. The van der Waals surface area contributed by atoms with Crippen molar-refractivity contribution in [1.29, 1.82) is 0 Å². The van der Waals surface area contributed by atoms with E-state index in [0.717, 1.165) is 22.6 Å². The van der Waals surface area contributed by atoms with Crippen molar-refractivity contribution in [3.8, 4) is 5.75 Å². The van der Waals surface area contributed by atoms with Gasteiger partial charge in [-0.3, -0.25) is 4.79 Å². The maximum absolute atomic E-state index is 12.7. The Hall–Kier alpha value is -1.65. The van der Waals surface area contributed by atoms with Crippen molar-refractivity contribution in [2.75, 3.05) is 0 Å². The fraction of sp³-hybridized carbons (Fsp3) is 0.350. The number of nitrogens with one attached hydrogen (secondary N) is 1. The van der Waals surface area contributed by atoms with E-state index in [1.165, 1.54) is 11.8 Å². The number of benzene rings is 2. The predicted molar refractivity (Wildman–Crippen MR) is 103 cm³/mol. The van der Waals surface area contributed by atoms with Crippen LogP contribution >= 0.6 is 23.4 Å². The average Bonchev–Trinajstić information content (AvgIpc) is 2.56. The predicted octanol–water partition coefficient (Wildman–Crippen LogP) is 5.24. The molecule has 1 aliphatic rings. The van der Waals surface area contributed by atoms with Crippen molar-refractivity contribution in [2.24, 2.45) is 0 Å². The van der Waals surface area contributed by atoms with E-state index < -0.39 is 0 Å². The first-order valence-electron chi connectivity index (χ1n) is 8.35. The number of thioether (sulfide) groups is 1. The standard InChI is InChI=1S/C20H22ClNO2S/c1-13(25-15-10-8-14(21)9-11-15)19(23)22-17-12-20(2,3)24-18-7-5-4-6-16(17)18/h4-11,13,17H,12H2,1-3H3,(H,22,23). The first-order valence-corrected chi connectivity index (χ1v) is 9.60. The molecular weight excluding hydrogens is 354 g/mol. The summed E-state index contributed by atoms with van der Waals surface area (Å²) in [6.45, 7) is 6.02. The number of rotatable bonds is 4. The lowest BCUT2D eigenvalue weighted by molar-refractivity contribution is -0.121. The molecule has 1 N–H and O–H groups in total. The molecule has 0 aromatic heterocycles. The molecule has 0 saturated carbocycles. The second-order valence-corrected chi connectivity index (χ2v) is 8.73. The van der Waals surface area contributed by atoms with E-state index in [4.69, 9.17) is 16.3 Å². The number of para-hydroxylation sites is 1. The lowest BCUT2D eigenvalue weighted by Gasteiger charge is -2.38. The van der Waals surface area contributed by atoms with E-state index in [1.54, 1.807) is 0 Å². The van der Waals surface area contributed by atoms with Crippen LogP contribution in [0.5, 0.6) is 5.75 Å². The van der Waals surface area contributed by atoms with E-state index in [-0.39, 0.29) is 22.8 Å². The molecule has 0 aliphatic carbocycles. The van der Waals surface area contributed by atoms with E-state index in [2.05, 4.69) is 5.32 Å². The minimum atomic E-state index is -0.307. The fourth-order valence-electron chi connectivity index (χ4n) is 2.99. The molecule has 1 aliphatic heterocycles. The molecule has 0 bridgehead atoms. The molecule has 3 rings (SSSR count). The van der Waals surface area contributed by atoms with Crippen molar-refractivity contribution in [2.45, 2.75) is 49.0 Å². The van der Waals surface area contributed by atoms with Crippen LogP contribution in [0, 0.1) is 0 Å².